The maximum atomic E-state index is 11.5. The van der Waals surface area contributed by atoms with Gasteiger partial charge in [0.25, 0.3) is 0 Å². The van der Waals surface area contributed by atoms with E-state index < -0.39 is 6.09 Å². The molecule has 0 aliphatic rings. The fourth-order valence-corrected chi connectivity index (χ4v) is 2.32. The summed E-state index contributed by atoms with van der Waals surface area (Å²) in [6.07, 6.45) is -0.449. The Kier molecular flexibility index (Phi) is 8.90. The Hall–Kier alpha value is -1.95. The second kappa shape index (κ2) is 10.7. The van der Waals surface area contributed by atoms with Gasteiger partial charge in [0, 0.05) is 23.6 Å². The summed E-state index contributed by atoms with van der Waals surface area (Å²) in [6, 6.07) is 7.92. The number of thioether (sulfide) groups is 1. The number of amides is 1. The molecule has 5 nitrogen and oxygen atoms in total. The summed E-state index contributed by atoms with van der Waals surface area (Å²) in [5.41, 5.74) is 2.62. The van der Waals surface area contributed by atoms with Crippen LogP contribution in [-0.2, 0) is 20.8 Å². The van der Waals surface area contributed by atoms with Crippen LogP contribution < -0.4 is 5.32 Å². The van der Waals surface area contributed by atoms with Crippen molar-refractivity contribution < 1.29 is 19.1 Å². The van der Waals surface area contributed by atoms with Crippen LogP contribution in [0.1, 0.15) is 18.1 Å². The number of hydrogen-bond acceptors (Lipinski definition) is 5. The smallest absolute Gasteiger partial charge is 0.407 e. The normalized spacial score (nSPS) is 10.0. The largest absolute Gasteiger partial charge is 0.463 e. The van der Waals surface area contributed by atoms with Crippen molar-refractivity contribution in [1.29, 1.82) is 0 Å². The van der Waals surface area contributed by atoms with Crippen LogP contribution in [-0.4, -0.2) is 36.8 Å². The molecule has 0 unspecified atom stereocenters. The first-order chi connectivity index (χ1) is 11.0. The minimum absolute atomic E-state index is 0.278. The monoisotopic (exact) mass is 337 g/mol. The van der Waals surface area contributed by atoms with Crippen LogP contribution >= 0.6 is 11.8 Å². The van der Waals surface area contributed by atoms with Gasteiger partial charge in [0.05, 0.1) is 6.61 Å². The molecule has 0 fully saturated rings. The molecule has 1 aromatic rings. The lowest BCUT2D eigenvalue weighted by molar-refractivity contribution is -0.138. The van der Waals surface area contributed by atoms with E-state index in [9.17, 15) is 9.59 Å². The van der Waals surface area contributed by atoms with Gasteiger partial charge in [-0.25, -0.2) is 9.59 Å². The van der Waals surface area contributed by atoms with Crippen LogP contribution in [0, 0.1) is 6.92 Å². The van der Waals surface area contributed by atoms with E-state index in [0.717, 1.165) is 5.56 Å². The highest BCUT2D eigenvalue weighted by atomic mass is 32.2. The molecule has 0 aliphatic heterocycles. The molecule has 0 aliphatic carbocycles. The Labute approximate surface area is 141 Å². The third kappa shape index (κ3) is 8.30. The Morgan fingerprint density at radius 2 is 1.91 bits per heavy atom. The average molecular weight is 337 g/mol. The molecule has 0 saturated heterocycles. The van der Waals surface area contributed by atoms with Crippen molar-refractivity contribution in [1.82, 2.24) is 5.32 Å². The van der Waals surface area contributed by atoms with Crippen LogP contribution in [0.3, 0.4) is 0 Å². The fourth-order valence-electron chi connectivity index (χ4n) is 1.61. The van der Waals surface area contributed by atoms with Crippen molar-refractivity contribution in [2.45, 2.75) is 20.4 Å². The molecule has 0 bridgehead atoms. The van der Waals surface area contributed by atoms with Crippen LogP contribution in [0.25, 0.3) is 0 Å². The van der Waals surface area contributed by atoms with Gasteiger partial charge in [0.1, 0.15) is 6.61 Å². The zero-order valence-electron chi connectivity index (χ0n) is 13.6. The Morgan fingerprint density at radius 1 is 1.22 bits per heavy atom. The van der Waals surface area contributed by atoms with Gasteiger partial charge in [0.15, 0.2) is 0 Å². The number of ether oxygens (including phenoxy) is 2. The molecule has 1 amide bonds. The molecule has 1 aromatic carbocycles. The van der Waals surface area contributed by atoms with Crippen molar-refractivity contribution in [3.05, 3.63) is 47.5 Å². The summed E-state index contributed by atoms with van der Waals surface area (Å²) in [7, 11) is 0. The summed E-state index contributed by atoms with van der Waals surface area (Å²) < 4.78 is 9.89. The fraction of sp³-hybridized carbons (Fsp3) is 0.412. The van der Waals surface area contributed by atoms with E-state index >= 15 is 0 Å². The minimum Gasteiger partial charge on any atom is -0.463 e. The number of hydrogen-bond donors (Lipinski definition) is 1. The highest BCUT2D eigenvalue weighted by Crippen LogP contribution is 2.08. The lowest BCUT2D eigenvalue weighted by atomic mass is 10.1. The van der Waals surface area contributed by atoms with Gasteiger partial charge in [-0.15, -0.1) is 0 Å². The Morgan fingerprint density at radius 3 is 2.57 bits per heavy atom. The number of esters is 1. The number of carbonyl (C=O) groups is 2. The van der Waals surface area contributed by atoms with Gasteiger partial charge in [-0.05, 0) is 19.4 Å². The molecule has 0 atom stereocenters. The van der Waals surface area contributed by atoms with Crippen LogP contribution in [0.15, 0.2) is 36.4 Å². The molecule has 0 aromatic heterocycles. The van der Waals surface area contributed by atoms with E-state index in [-0.39, 0.29) is 12.6 Å². The highest BCUT2D eigenvalue weighted by molar-refractivity contribution is 7.99. The SMILES string of the molecule is C=C(CSCCOC(=O)NCc1ccc(C)cc1)C(=O)OCC. The Bertz CT molecular complexity index is 528. The molecule has 1 N–H and O–H groups in total. The summed E-state index contributed by atoms with van der Waals surface area (Å²) in [4.78, 5) is 22.9. The zero-order chi connectivity index (χ0) is 17.1. The van der Waals surface area contributed by atoms with E-state index in [4.69, 9.17) is 9.47 Å². The molecular formula is C17H23NO4S. The van der Waals surface area contributed by atoms with E-state index in [1.54, 1.807) is 6.92 Å². The van der Waals surface area contributed by atoms with Crippen molar-refractivity contribution in [3.63, 3.8) is 0 Å². The maximum Gasteiger partial charge on any atom is 0.407 e. The number of alkyl carbamates (subject to hydrolysis) is 1. The molecular weight excluding hydrogens is 314 g/mol. The molecule has 1 rings (SSSR count). The summed E-state index contributed by atoms with van der Waals surface area (Å²) in [5, 5.41) is 2.69. The van der Waals surface area contributed by atoms with Crippen molar-refractivity contribution >= 4 is 23.8 Å². The van der Waals surface area contributed by atoms with Gasteiger partial charge in [-0.2, -0.15) is 11.8 Å². The van der Waals surface area contributed by atoms with E-state index in [2.05, 4.69) is 11.9 Å². The summed E-state index contributed by atoms with van der Waals surface area (Å²) in [6.45, 7) is 8.48. The standard InChI is InChI=1S/C17H23NO4S/c1-4-21-16(19)14(3)12-23-10-9-22-17(20)18-11-15-7-5-13(2)6-8-15/h5-8H,3-4,9-12H2,1-2H3,(H,18,20). The lowest BCUT2D eigenvalue weighted by Crippen LogP contribution is -2.24. The predicted octanol–water partition coefficient (Wildman–Crippen LogP) is 3.07. The quantitative estimate of drug-likeness (QED) is 0.426. The van der Waals surface area contributed by atoms with E-state index in [1.807, 2.05) is 31.2 Å². The molecule has 0 saturated carbocycles. The van der Waals surface area contributed by atoms with E-state index in [1.165, 1.54) is 17.3 Å². The second-order valence-electron chi connectivity index (χ2n) is 4.85. The van der Waals surface area contributed by atoms with Crippen molar-refractivity contribution in [3.8, 4) is 0 Å². The first-order valence-corrected chi connectivity index (χ1v) is 8.57. The van der Waals surface area contributed by atoms with E-state index in [0.29, 0.717) is 30.2 Å². The highest BCUT2D eigenvalue weighted by Gasteiger charge is 2.07. The summed E-state index contributed by atoms with van der Waals surface area (Å²) in [5.74, 6) is 0.681. The topological polar surface area (TPSA) is 64.6 Å². The molecule has 0 radical (unpaired) electrons. The Balaban J connectivity index is 2.09. The van der Waals surface area contributed by atoms with Crippen LogP contribution in [0.4, 0.5) is 4.79 Å². The number of nitrogens with one attached hydrogen (secondary N) is 1. The third-order valence-corrected chi connectivity index (χ3v) is 3.87. The average Bonchev–Trinajstić information content (AvgIpc) is 2.54. The number of aryl methyl sites for hydroxylation is 1. The maximum absolute atomic E-state index is 11.5. The number of carbonyl (C=O) groups excluding carboxylic acids is 2. The molecule has 6 heteroatoms. The molecule has 126 valence electrons. The van der Waals surface area contributed by atoms with Crippen molar-refractivity contribution in [2.75, 3.05) is 24.7 Å². The van der Waals surface area contributed by atoms with Crippen LogP contribution in [0.5, 0.6) is 0 Å². The molecule has 0 spiro atoms. The van der Waals surface area contributed by atoms with Crippen LogP contribution in [0.2, 0.25) is 0 Å². The third-order valence-electron chi connectivity index (χ3n) is 2.86. The lowest BCUT2D eigenvalue weighted by Gasteiger charge is -2.08. The first kappa shape index (κ1) is 19.1. The van der Waals surface area contributed by atoms with Crippen molar-refractivity contribution in [2.24, 2.45) is 0 Å². The second-order valence-corrected chi connectivity index (χ2v) is 5.96. The van der Waals surface area contributed by atoms with Gasteiger partial charge >= 0.3 is 12.1 Å². The molecule has 0 heterocycles. The first-order valence-electron chi connectivity index (χ1n) is 7.41. The van der Waals surface area contributed by atoms with Gasteiger partial charge in [-0.3, -0.25) is 0 Å². The predicted molar refractivity (Wildman–Crippen MR) is 92.5 cm³/mol. The zero-order valence-corrected chi connectivity index (χ0v) is 14.4. The minimum atomic E-state index is -0.449. The van der Waals surface area contributed by atoms with Gasteiger partial charge < -0.3 is 14.8 Å². The molecule has 23 heavy (non-hydrogen) atoms. The summed E-state index contributed by atoms with van der Waals surface area (Å²) >= 11 is 1.47. The number of rotatable bonds is 9. The van der Waals surface area contributed by atoms with Gasteiger partial charge in [0.2, 0.25) is 0 Å². The van der Waals surface area contributed by atoms with Gasteiger partial charge in [-0.1, -0.05) is 36.4 Å². The number of benzene rings is 1.